The third kappa shape index (κ3) is 3.42. The standard InChI is InChI=1S/C15H11Cl3N4OS/c1-8-13(24-7-20-8)6-19-12-3-2-9(4-10(12)16)22-15(23)14(18)11(17)5-21-22/h2-5,7,19H,6H2,1H3. The molecule has 0 fully saturated rings. The van der Waals surface area contributed by atoms with Gasteiger partial charge < -0.3 is 5.32 Å². The van der Waals surface area contributed by atoms with Gasteiger partial charge in [-0.3, -0.25) is 4.79 Å². The molecule has 0 unspecified atom stereocenters. The smallest absolute Gasteiger partial charge is 0.291 e. The Morgan fingerprint density at radius 2 is 2.04 bits per heavy atom. The molecule has 5 nitrogen and oxygen atoms in total. The quantitative estimate of drug-likeness (QED) is 0.695. The Morgan fingerprint density at radius 3 is 2.71 bits per heavy atom. The minimum absolute atomic E-state index is 0.0781. The van der Waals surface area contributed by atoms with Gasteiger partial charge in [0, 0.05) is 4.88 Å². The Balaban J connectivity index is 1.86. The van der Waals surface area contributed by atoms with E-state index in [1.807, 2.05) is 6.92 Å². The van der Waals surface area contributed by atoms with E-state index in [9.17, 15) is 4.79 Å². The number of anilines is 1. The largest absolute Gasteiger partial charge is 0.379 e. The summed E-state index contributed by atoms with van der Waals surface area (Å²) in [5.41, 5.74) is 3.55. The fourth-order valence-electron chi connectivity index (χ4n) is 2.05. The van der Waals surface area contributed by atoms with E-state index in [1.54, 1.807) is 35.0 Å². The SMILES string of the molecule is Cc1ncsc1CNc1ccc(-n2ncc(Cl)c(Cl)c2=O)cc1Cl. The zero-order chi connectivity index (χ0) is 17.3. The summed E-state index contributed by atoms with van der Waals surface area (Å²) in [6.45, 7) is 2.58. The lowest BCUT2D eigenvalue weighted by molar-refractivity contribution is 0.807. The van der Waals surface area contributed by atoms with Crippen LogP contribution in [0.25, 0.3) is 5.69 Å². The van der Waals surface area contributed by atoms with Crippen molar-refractivity contribution in [3.8, 4) is 5.69 Å². The number of halogens is 3. The molecule has 0 amide bonds. The number of benzene rings is 1. The van der Waals surface area contributed by atoms with Crippen molar-refractivity contribution < 1.29 is 0 Å². The van der Waals surface area contributed by atoms with Gasteiger partial charge in [0.2, 0.25) is 0 Å². The molecule has 2 aromatic heterocycles. The van der Waals surface area contributed by atoms with Gasteiger partial charge in [0.1, 0.15) is 5.02 Å². The summed E-state index contributed by atoms with van der Waals surface area (Å²) >= 11 is 19.5. The topological polar surface area (TPSA) is 59.8 Å². The number of rotatable bonds is 4. The first kappa shape index (κ1) is 17.2. The van der Waals surface area contributed by atoms with Crippen LogP contribution in [0, 0.1) is 6.92 Å². The maximum absolute atomic E-state index is 12.1. The number of nitrogens with zero attached hydrogens (tertiary/aromatic N) is 3. The second-order valence-corrected chi connectivity index (χ2v) is 7.03. The van der Waals surface area contributed by atoms with Crippen molar-refractivity contribution in [3.63, 3.8) is 0 Å². The van der Waals surface area contributed by atoms with Crippen LogP contribution in [-0.2, 0) is 6.54 Å². The molecule has 0 spiro atoms. The van der Waals surface area contributed by atoms with Crippen LogP contribution in [0.5, 0.6) is 0 Å². The van der Waals surface area contributed by atoms with E-state index in [1.165, 1.54) is 6.20 Å². The monoisotopic (exact) mass is 400 g/mol. The van der Waals surface area contributed by atoms with Crippen LogP contribution in [0.15, 0.2) is 34.7 Å². The summed E-state index contributed by atoms with van der Waals surface area (Å²) in [7, 11) is 0. The van der Waals surface area contributed by atoms with Crippen LogP contribution < -0.4 is 10.9 Å². The Bertz CT molecular complexity index is 954. The maximum Gasteiger partial charge on any atom is 0.291 e. The zero-order valence-corrected chi connectivity index (χ0v) is 15.5. The second-order valence-electron chi connectivity index (χ2n) is 4.90. The van der Waals surface area contributed by atoms with Crippen molar-refractivity contribution >= 4 is 51.8 Å². The van der Waals surface area contributed by atoms with E-state index in [2.05, 4.69) is 15.4 Å². The molecule has 2 heterocycles. The first-order valence-corrected chi connectivity index (χ1v) is 8.85. The van der Waals surface area contributed by atoms with Crippen LogP contribution in [0.1, 0.15) is 10.6 Å². The van der Waals surface area contributed by atoms with Gasteiger partial charge >= 0.3 is 0 Å². The van der Waals surface area contributed by atoms with Crippen LogP contribution in [0.3, 0.4) is 0 Å². The highest BCUT2D eigenvalue weighted by Crippen LogP contribution is 2.26. The van der Waals surface area contributed by atoms with Crippen molar-refractivity contribution in [2.45, 2.75) is 13.5 Å². The van der Waals surface area contributed by atoms with E-state index in [0.29, 0.717) is 17.3 Å². The number of nitrogens with one attached hydrogen (secondary N) is 1. The number of aryl methyl sites for hydroxylation is 1. The Morgan fingerprint density at radius 1 is 1.25 bits per heavy atom. The zero-order valence-electron chi connectivity index (χ0n) is 12.4. The Hall–Kier alpha value is -1.60. The predicted octanol–water partition coefficient (Wildman–Crippen LogP) is 4.57. The number of aromatic nitrogens is 3. The summed E-state index contributed by atoms with van der Waals surface area (Å²) in [5.74, 6) is 0. The molecular weight excluding hydrogens is 391 g/mol. The molecule has 24 heavy (non-hydrogen) atoms. The molecule has 3 rings (SSSR count). The third-order valence-electron chi connectivity index (χ3n) is 3.36. The molecule has 1 aromatic carbocycles. The average Bonchev–Trinajstić information content (AvgIpc) is 2.97. The minimum Gasteiger partial charge on any atom is -0.379 e. The minimum atomic E-state index is -0.499. The molecule has 0 radical (unpaired) electrons. The lowest BCUT2D eigenvalue weighted by Gasteiger charge is -2.11. The fraction of sp³-hybridized carbons (Fsp3) is 0.133. The lowest BCUT2D eigenvalue weighted by Crippen LogP contribution is -2.21. The average molecular weight is 402 g/mol. The van der Waals surface area contributed by atoms with Gasteiger partial charge in [-0.2, -0.15) is 9.78 Å². The normalized spacial score (nSPS) is 10.8. The highest BCUT2D eigenvalue weighted by Gasteiger charge is 2.11. The predicted molar refractivity (Wildman–Crippen MR) is 99.0 cm³/mol. The number of thiazole rings is 1. The molecule has 1 N–H and O–H groups in total. The number of hydrogen-bond donors (Lipinski definition) is 1. The number of hydrogen-bond acceptors (Lipinski definition) is 5. The van der Waals surface area contributed by atoms with E-state index in [0.717, 1.165) is 20.9 Å². The van der Waals surface area contributed by atoms with Gasteiger partial charge in [0.15, 0.2) is 0 Å². The van der Waals surface area contributed by atoms with Gasteiger partial charge in [-0.1, -0.05) is 34.8 Å². The van der Waals surface area contributed by atoms with Gasteiger partial charge in [0.05, 0.1) is 45.4 Å². The summed E-state index contributed by atoms with van der Waals surface area (Å²) in [6.07, 6.45) is 1.32. The molecule has 0 saturated carbocycles. The third-order valence-corrected chi connectivity index (χ3v) is 5.35. The highest BCUT2D eigenvalue weighted by atomic mass is 35.5. The summed E-state index contributed by atoms with van der Waals surface area (Å²) in [6, 6.07) is 5.15. The molecule has 3 aromatic rings. The highest BCUT2D eigenvalue weighted by molar-refractivity contribution is 7.09. The fourth-order valence-corrected chi connectivity index (χ4v) is 3.26. The van der Waals surface area contributed by atoms with E-state index in [4.69, 9.17) is 34.8 Å². The van der Waals surface area contributed by atoms with Crippen LogP contribution in [-0.4, -0.2) is 14.8 Å². The van der Waals surface area contributed by atoms with Crippen molar-refractivity contribution in [2.75, 3.05) is 5.32 Å². The lowest BCUT2D eigenvalue weighted by atomic mass is 10.2. The van der Waals surface area contributed by atoms with E-state index >= 15 is 0 Å². The molecule has 0 atom stereocenters. The molecule has 124 valence electrons. The Kier molecular flexibility index (Phi) is 5.10. The summed E-state index contributed by atoms with van der Waals surface area (Å²) in [4.78, 5) is 17.5. The molecule has 0 aliphatic carbocycles. The van der Waals surface area contributed by atoms with Crippen molar-refractivity contribution in [1.29, 1.82) is 0 Å². The first-order chi connectivity index (χ1) is 11.5. The summed E-state index contributed by atoms with van der Waals surface area (Å²) < 4.78 is 1.15. The van der Waals surface area contributed by atoms with E-state index in [-0.39, 0.29) is 10.0 Å². The van der Waals surface area contributed by atoms with Gasteiger partial charge in [-0.15, -0.1) is 11.3 Å². The van der Waals surface area contributed by atoms with Crippen LogP contribution >= 0.6 is 46.1 Å². The van der Waals surface area contributed by atoms with Gasteiger partial charge in [0.25, 0.3) is 5.56 Å². The van der Waals surface area contributed by atoms with Crippen molar-refractivity contribution in [1.82, 2.24) is 14.8 Å². The van der Waals surface area contributed by atoms with Crippen molar-refractivity contribution in [3.05, 3.63) is 65.9 Å². The van der Waals surface area contributed by atoms with Crippen LogP contribution in [0.4, 0.5) is 5.69 Å². The molecular formula is C15H11Cl3N4OS. The molecule has 0 bridgehead atoms. The molecule has 9 heteroatoms. The van der Waals surface area contributed by atoms with E-state index < -0.39 is 5.56 Å². The van der Waals surface area contributed by atoms with Gasteiger partial charge in [-0.05, 0) is 25.1 Å². The van der Waals surface area contributed by atoms with Crippen molar-refractivity contribution in [2.24, 2.45) is 0 Å². The second kappa shape index (κ2) is 7.11. The molecule has 0 saturated heterocycles. The van der Waals surface area contributed by atoms with Crippen LogP contribution in [0.2, 0.25) is 15.1 Å². The first-order valence-electron chi connectivity index (χ1n) is 6.83. The van der Waals surface area contributed by atoms with Gasteiger partial charge in [-0.25, -0.2) is 4.98 Å². The summed E-state index contributed by atoms with van der Waals surface area (Å²) in [5, 5.41) is 7.74. The maximum atomic E-state index is 12.1. The molecule has 0 aliphatic heterocycles. The Labute approximate surface area is 156 Å². The molecule has 0 aliphatic rings.